The van der Waals surface area contributed by atoms with E-state index in [1.165, 1.54) is 12.1 Å². The summed E-state index contributed by atoms with van der Waals surface area (Å²) in [5, 5.41) is 0.600. The molecular weight excluding hydrogens is 391 g/mol. The summed E-state index contributed by atoms with van der Waals surface area (Å²) in [6, 6.07) is 10.9. The van der Waals surface area contributed by atoms with Crippen molar-refractivity contribution in [3.63, 3.8) is 0 Å². The lowest BCUT2D eigenvalue weighted by Crippen LogP contribution is -2.43. The lowest BCUT2D eigenvalue weighted by molar-refractivity contribution is 0.0172. The summed E-state index contributed by atoms with van der Waals surface area (Å²) in [6.45, 7) is 4.36. The summed E-state index contributed by atoms with van der Waals surface area (Å²) in [7, 11) is -3.77. The quantitative estimate of drug-likeness (QED) is 0.791. The number of sulfonamides is 1. The predicted octanol–water partition coefficient (Wildman–Crippen LogP) is 3.14. The molecule has 1 aliphatic rings. The zero-order valence-electron chi connectivity index (χ0n) is 15.0. The minimum Gasteiger partial charge on any atom is -0.379 e. The first-order valence-electron chi connectivity index (χ1n) is 8.70. The van der Waals surface area contributed by atoms with Crippen molar-refractivity contribution < 1.29 is 17.5 Å². The number of morpholine rings is 1. The number of benzene rings is 2. The Morgan fingerprint density at radius 1 is 1.22 bits per heavy atom. The van der Waals surface area contributed by atoms with Gasteiger partial charge >= 0.3 is 0 Å². The number of halogens is 2. The van der Waals surface area contributed by atoms with Crippen LogP contribution in [0.4, 0.5) is 4.39 Å². The third kappa shape index (κ3) is 5.06. The van der Waals surface area contributed by atoms with Crippen molar-refractivity contribution in [1.29, 1.82) is 0 Å². The third-order valence-electron chi connectivity index (χ3n) is 4.61. The summed E-state index contributed by atoms with van der Waals surface area (Å²) < 4.78 is 46.9. The van der Waals surface area contributed by atoms with E-state index in [4.69, 9.17) is 16.3 Å². The first kappa shape index (κ1) is 20.2. The summed E-state index contributed by atoms with van der Waals surface area (Å²) in [6.07, 6.45) is 0. The van der Waals surface area contributed by atoms with Gasteiger partial charge in [-0.05, 0) is 48.4 Å². The molecule has 27 heavy (non-hydrogen) atoms. The molecule has 0 aromatic heterocycles. The molecular formula is C19H22ClFN2O3S. The number of hydrogen-bond donors (Lipinski definition) is 1. The smallest absolute Gasteiger partial charge is 0.240 e. The first-order valence-corrected chi connectivity index (χ1v) is 10.6. The van der Waals surface area contributed by atoms with Gasteiger partial charge in [-0.1, -0.05) is 23.7 Å². The van der Waals surface area contributed by atoms with Crippen molar-refractivity contribution in [2.45, 2.75) is 17.9 Å². The van der Waals surface area contributed by atoms with Gasteiger partial charge in [0.05, 0.1) is 18.1 Å². The Kier molecular flexibility index (Phi) is 6.49. The Morgan fingerprint density at radius 2 is 1.96 bits per heavy atom. The standard InChI is InChI=1S/C19H22ClFN2O3S/c1-14-11-17(21)5-6-19(14)27(24,25)22-13-18(23-7-9-26-10-8-23)15-3-2-4-16(20)12-15/h2-6,11-12,18,22H,7-10,13H2,1H3. The molecule has 1 N–H and O–H groups in total. The summed E-state index contributed by atoms with van der Waals surface area (Å²) >= 11 is 6.13. The fourth-order valence-electron chi connectivity index (χ4n) is 3.24. The molecule has 0 aliphatic carbocycles. The molecule has 1 saturated heterocycles. The van der Waals surface area contributed by atoms with Crippen LogP contribution < -0.4 is 4.72 Å². The Morgan fingerprint density at radius 3 is 2.63 bits per heavy atom. The van der Waals surface area contributed by atoms with Gasteiger partial charge in [0.1, 0.15) is 5.82 Å². The molecule has 0 saturated carbocycles. The molecule has 8 heteroatoms. The Bertz CT molecular complexity index is 902. The van der Waals surface area contributed by atoms with E-state index in [-0.39, 0.29) is 17.5 Å². The molecule has 146 valence electrons. The second-order valence-electron chi connectivity index (χ2n) is 6.48. The van der Waals surface area contributed by atoms with Crippen LogP contribution in [0.5, 0.6) is 0 Å². The van der Waals surface area contributed by atoms with Gasteiger partial charge in [0.15, 0.2) is 0 Å². The van der Waals surface area contributed by atoms with Crippen LogP contribution in [0, 0.1) is 12.7 Å². The number of nitrogens with one attached hydrogen (secondary N) is 1. The van der Waals surface area contributed by atoms with Gasteiger partial charge in [0.2, 0.25) is 10.0 Å². The van der Waals surface area contributed by atoms with Crippen molar-refractivity contribution in [2.24, 2.45) is 0 Å². The number of nitrogens with zero attached hydrogens (tertiary/aromatic N) is 1. The summed E-state index contributed by atoms with van der Waals surface area (Å²) in [4.78, 5) is 2.26. The van der Waals surface area contributed by atoms with Gasteiger partial charge in [-0.25, -0.2) is 17.5 Å². The van der Waals surface area contributed by atoms with Crippen molar-refractivity contribution in [1.82, 2.24) is 9.62 Å². The van der Waals surface area contributed by atoms with Crippen molar-refractivity contribution >= 4 is 21.6 Å². The van der Waals surface area contributed by atoms with E-state index in [2.05, 4.69) is 9.62 Å². The van der Waals surface area contributed by atoms with Gasteiger partial charge in [-0.15, -0.1) is 0 Å². The number of ether oxygens (including phenoxy) is 1. The highest BCUT2D eigenvalue weighted by molar-refractivity contribution is 7.89. The van der Waals surface area contributed by atoms with E-state index in [0.29, 0.717) is 36.9 Å². The minimum absolute atomic E-state index is 0.0794. The highest BCUT2D eigenvalue weighted by atomic mass is 35.5. The van der Waals surface area contributed by atoms with E-state index >= 15 is 0 Å². The van der Waals surface area contributed by atoms with Crippen LogP contribution in [0.1, 0.15) is 17.2 Å². The third-order valence-corrected chi connectivity index (χ3v) is 6.43. The molecule has 0 radical (unpaired) electrons. The average Bonchev–Trinajstić information content (AvgIpc) is 2.62. The van der Waals surface area contributed by atoms with Crippen LogP contribution >= 0.6 is 11.6 Å². The van der Waals surface area contributed by atoms with Gasteiger partial charge in [-0.2, -0.15) is 0 Å². The topological polar surface area (TPSA) is 58.6 Å². The van der Waals surface area contributed by atoms with Crippen LogP contribution in [0.2, 0.25) is 5.02 Å². The van der Waals surface area contributed by atoms with Crippen LogP contribution in [0.3, 0.4) is 0 Å². The molecule has 2 aromatic carbocycles. The predicted molar refractivity (Wildman–Crippen MR) is 103 cm³/mol. The highest BCUT2D eigenvalue weighted by Gasteiger charge is 2.26. The average molecular weight is 413 g/mol. The fraction of sp³-hybridized carbons (Fsp3) is 0.368. The fourth-order valence-corrected chi connectivity index (χ4v) is 4.70. The monoisotopic (exact) mass is 412 g/mol. The lowest BCUT2D eigenvalue weighted by atomic mass is 10.1. The van der Waals surface area contributed by atoms with E-state index in [9.17, 15) is 12.8 Å². The Hall–Kier alpha value is -1.51. The molecule has 0 spiro atoms. The zero-order chi connectivity index (χ0) is 19.4. The van der Waals surface area contributed by atoms with Crippen molar-refractivity contribution in [2.75, 3.05) is 32.8 Å². The van der Waals surface area contributed by atoms with Gasteiger partial charge < -0.3 is 4.74 Å². The maximum Gasteiger partial charge on any atom is 0.240 e. The van der Waals surface area contributed by atoms with Gasteiger partial charge in [-0.3, -0.25) is 4.90 Å². The highest BCUT2D eigenvalue weighted by Crippen LogP contribution is 2.25. The van der Waals surface area contributed by atoms with Crippen molar-refractivity contribution in [3.05, 3.63) is 64.4 Å². The molecule has 0 amide bonds. The van der Waals surface area contributed by atoms with Gasteiger partial charge in [0.25, 0.3) is 0 Å². The molecule has 2 aromatic rings. The summed E-state index contributed by atoms with van der Waals surface area (Å²) in [5.74, 6) is -0.462. The SMILES string of the molecule is Cc1cc(F)ccc1S(=O)(=O)NCC(c1cccc(Cl)c1)N1CCOCC1. The van der Waals surface area contributed by atoms with E-state index in [0.717, 1.165) is 11.6 Å². The second-order valence-corrected chi connectivity index (χ2v) is 8.65. The number of aryl methyl sites for hydroxylation is 1. The maximum absolute atomic E-state index is 13.3. The molecule has 0 bridgehead atoms. The van der Waals surface area contributed by atoms with Crippen LogP contribution in [-0.2, 0) is 14.8 Å². The lowest BCUT2D eigenvalue weighted by Gasteiger charge is -2.35. The van der Waals surface area contributed by atoms with Gasteiger partial charge in [0, 0.05) is 30.7 Å². The number of hydrogen-bond acceptors (Lipinski definition) is 4. The molecule has 1 unspecified atom stereocenters. The Labute approximate surface area is 164 Å². The first-order chi connectivity index (χ1) is 12.9. The normalized spacial score (nSPS) is 17.0. The molecule has 5 nitrogen and oxygen atoms in total. The van der Waals surface area contributed by atoms with Crippen LogP contribution in [0.25, 0.3) is 0 Å². The molecule has 1 aliphatic heterocycles. The molecule has 1 heterocycles. The molecule has 1 atom stereocenters. The Balaban J connectivity index is 1.83. The largest absolute Gasteiger partial charge is 0.379 e. The maximum atomic E-state index is 13.3. The van der Waals surface area contributed by atoms with E-state index < -0.39 is 15.8 Å². The molecule has 3 rings (SSSR count). The zero-order valence-corrected chi connectivity index (χ0v) is 16.6. The molecule has 1 fully saturated rings. The van der Waals surface area contributed by atoms with E-state index in [1.54, 1.807) is 13.0 Å². The second kappa shape index (κ2) is 8.67. The van der Waals surface area contributed by atoms with Crippen LogP contribution in [0.15, 0.2) is 47.4 Å². The van der Waals surface area contributed by atoms with Crippen molar-refractivity contribution in [3.8, 4) is 0 Å². The van der Waals surface area contributed by atoms with Crippen LogP contribution in [-0.4, -0.2) is 46.2 Å². The summed E-state index contributed by atoms with van der Waals surface area (Å²) in [5.41, 5.74) is 1.30. The van der Waals surface area contributed by atoms with E-state index in [1.807, 2.05) is 18.2 Å². The number of rotatable bonds is 6. The minimum atomic E-state index is -3.77.